The maximum atomic E-state index is 5.26. The van der Waals surface area contributed by atoms with Gasteiger partial charge in [0, 0.05) is 16.9 Å². The van der Waals surface area contributed by atoms with Gasteiger partial charge in [-0.05, 0) is 40.2 Å². The van der Waals surface area contributed by atoms with Crippen LogP contribution < -0.4 is 5.73 Å². The Morgan fingerprint density at radius 2 is 2.33 bits per heavy atom. The predicted octanol–water partition coefficient (Wildman–Crippen LogP) is 2.29. The lowest BCUT2D eigenvalue weighted by atomic mass is 10.3. The van der Waals surface area contributed by atoms with E-state index < -0.39 is 0 Å². The van der Waals surface area contributed by atoms with Gasteiger partial charge in [-0.1, -0.05) is 6.07 Å². The topological polar surface area (TPSA) is 38.9 Å². The van der Waals surface area contributed by atoms with Gasteiger partial charge in [0.2, 0.25) is 0 Å². The van der Waals surface area contributed by atoms with Gasteiger partial charge in [-0.15, -0.1) is 0 Å². The number of allylic oxidation sites excluding steroid dienone is 2. The van der Waals surface area contributed by atoms with E-state index in [0.717, 1.165) is 10.2 Å². The monoisotopic (exact) mass is 224 g/mol. The summed E-state index contributed by atoms with van der Waals surface area (Å²) in [6.07, 6.45) is 6.97. The van der Waals surface area contributed by atoms with Gasteiger partial charge >= 0.3 is 0 Å². The van der Waals surface area contributed by atoms with Crippen molar-refractivity contribution in [1.29, 1.82) is 0 Å². The van der Waals surface area contributed by atoms with Crippen LogP contribution in [0, 0.1) is 0 Å². The highest BCUT2D eigenvalue weighted by Gasteiger charge is 1.84. The fraction of sp³-hybridized carbons (Fsp3) is 0. The Kier molecular flexibility index (Phi) is 3.54. The SMILES string of the molecule is N/C=C(Br)/C=C\c1ccccn1. The van der Waals surface area contributed by atoms with Crippen LogP contribution in [0.2, 0.25) is 0 Å². The first-order chi connectivity index (χ1) is 5.83. The first kappa shape index (κ1) is 9.00. The summed E-state index contributed by atoms with van der Waals surface area (Å²) >= 11 is 3.26. The molecule has 0 aliphatic carbocycles. The van der Waals surface area contributed by atoms with Crippen LogP contribution in [0.15, 0.2) is 41.2 Å². The van der Waals surface area contributed by atoms with E-state index in [9.17, 15) is 0 Å². The molecule has 0 aliphatic heterocycles. The van der Waals surface area contributed by atoms with Crippen molar-refractivity contribution < 1.29 is 0 Å². The summed E-state index contributed by atoms with van der Waals surface area (Å²) in [4.78, 5) is 4.11. The summed E-state index contributed by atoms with van der Waals surface area (Å²) in [5.41, 5.74) is 6.17. The third kappa shape index (κ3) is 2.88. The van der Waals surface area contributed by atoms with E-state index >= 15 is 0 Å². The molecule has 0 atom stereocenters. The zero-order valence-electron chi connectivity index (χ0n) is 6.44. The Bertz CT molecular complexity index is 291. The average Bonchev–Trinajstić information content (AvgIpc) is 2.16. The molecule has 3 heteroatoms. The maximum absolute atomic E-state index is 5.26. The Morgan fingerprint density at radius 3 is 2.92 bits per heavy atom. The first-order valence-electron chi connectivity index (χ1n) is 3.49. The van der Waals surface area contributed by atoms with Gasteiger partial charge in [-0.3, -0.25) is 4.98 Å². The van der Waals surface area contributed by atoms with Gasteiger partial charge < -0.3 is 5.73 Å². The first-order valence-corrected chi connectivity index (χ1v) is 4.29. The molecule has 1 aromatic rings. The van der Waals surface area contributed by atoms with Crippen molar-refractivity contribution in [1.82, 2.24) is 4.98 Å². The molecule has 0 saturated heterocycles. The Morgan fingerprint density at radius 1 is 1.50 bits per heavy atom. The summed E-state index contributed by atoms with van der Waals surface area (Å²) < 4.78 is 0.841. The number of pyridine rings is 1. The molecule has 0 amide bonds. The number of nitrogens with zero attached hydrogens (tertiary/aromatic N) is 1. The minimum Gasteiger partial charge on any atom is -0.404 e. The van der Waals surface area contributed by atoms with Gasteiger partial charge in [0.25, 0.3) is 0 Å². The Labute approximate surface area is 79.9 Å². The molecule has 0 aromatic carbocycles. The second-order valence-electron chi connectivity index (χ2n) is 2.14. The summed E-state index contributed by atoms with van der Waals surface area (Å²) in [5, 5.41) is 0. The zero-order chi connectivity index (χ0) is 8.81. The molecule has 1 rings (SSSR count). The molecule has 12 heavy (non-hydrogen) atoms. The van der Waals surface area contributed by atoms with E-state index in [1.807, 2.05) is 30.4 Å². The molecule has 0 fully saturated rings. The molecule has 0 saturated carbocycles. The van der Waals surface area contributed by atoms with Crippen LogP contribution in [-0.2, 0) is 0 Å². The molecule has 2 nitrogen and oxygen atoms in total. The summed E-state index contributed by atoms with van der Waals surface area (Å²) in [6.45, 7) is 0. The summed E-state index contributed by atoms with van der Waals surface area (Å²) in [5.74, 6) is 0. The van der Waals surface area contributed by atoms with Crippen LogP contribution in [-0.4, -0.2) is 4.98 Å². The largest absolute Gasteiger partial charge is 0.404 e. The second kappa shape index (κ2) is 4.72. The highest BCUT2D eigenvalue weighted by Crippen LogP contribution is 2.06. The number of aromatic nitrogens is 1. The molecule has 1 aromatic heterocycles. The number of nitrogens with two attached hydrogens (primary N) is 1. The minimum atomic E-state index is 0.841. The van der Waals surface area contributed by atoms with Crippen molar-refractivity contribution in [3.8, 4) is 0 Å². The number of halogens is 1. The fourth-order valence-corrected chi connectivity index (χ4v) is 0.827. The molecule has 0 unspecified atom stereocenters. The predicted molar refractivity (Wildman–Crippen MR) is 54.5 cm³/mol. The summed E-state index contributed by atoms with van der Waals surface area (Å²) in [6, 6.07) is 5.74. The van der Waals surface area contributed by atoms with Crippen molar-refractivity contribution >= 4 is 22.0 Å². The van der Waals surface area contributed by atoms with Gasteiger partial charge in [-0.2, -0.15) is 0 Å². The van der Waals surface area contributed by atoms with E-state index in [-0.39, 0.29) is 0 Å². The van der Waals surface area contributed by atoms with Gasteiger partial charge in [0.15, 0.2) is 0 Å². The van der Waals surface area contributed by atoms with Crippen LogP contribution in [0.1, 0.15) is 5.69 Å². The highest BCUT2D eigenvalue weighted by atomic mass is 79.9. The normalized spacial score (nSPS) is 12.2. The summed E-state index contributed by atoms with van der Waals surface area (Å²) in [7, 11) is 0. The molecular formula is C9H9BrN2. The van der Waals surface area contributed by atoms with E-state index in [1.165, 1.54) is 6.20 Å². The van der Waals surface area contributed by atoms with Gasteiger partial charge in [-0.25, -0.2) is 0 Å². The van der Waals surface area contributed by atoms with E-state index in [4.69, 9.17) is 5.73 Å². The molecule has 0 bridgehead atoms. The fourth-order valence-electron chi connectivity index (χ4n) is 0.695. The molecule has 0 radical (unpaired) electrons. The quantitative estimate of drug-likeness (QED) is 0.784. The van der Waals surface area contributed by atoms with Crippen molar-refractivity contribution in [3.63, 3.8) is 0 Å². The maximum Gasteiger partial charge on any atom is 0.0630 e. The van der Waals surface area contributed by atoms with Crippen molar-refractivity contribution in [3.05, 3.63) is 46.8 Å². The Hall–Kier alpha value is -1.09. The number of rotatable bonds is 2. The van der Waals surface area contributed by atoms with Crippen LogP contribution in [0.5, 0.6) is 0 Å². The van der Waals surface area contributed by atoms with Crippen LogP contribution >= 0.6 is 15.9 Å². The van der Waals surface area contributed by atoms with E-state index in [2.05, 4.69) is 20.9 Å². The smallest absolute Gasteiger partial charge is 0.0630 e. The third-order valence-corrected chi connectivity index (χ3v) is 1.79. The second-order valence-corrected chi connectivity index (χ2v) is 3.06. The lowest BCUT2D eigenvalue weighted by Crippen LogP contribution is -1.79. The van der Waals surface area contributed by atoms with Crippen molar-refractivity contribution in [2.45, 2.75) is 0 Å². The molecular weight excluding hydrogens is 216 g/mol. The average molecular weight is 225 g/mol. The standard InChI is InChI=1S/C9H9BrN2/c10-8(7-11)4-5-9-3-1-2-6-12-9/h1-7H,11H2/b5-4-,8-7-. The van der Waals surface area contributed by atoms with E-state index in [0.29, 0.717) is 0 Å². The van der Waals surface area contributed by atoms with Crippen LogP contribution in [0.3, 0.4) is 0 Å². The molecule has 0 spiro atoms. The van der Waals surface area contributed by atoms with E-state index in [1.54, 1.807) is 6.20 Å². The van der Waals surface area contributed by atoms with Crippen LogP contribution in [0.25, 0.3) is 6.08 Å². The molecule has 0 aliphatic rings. The number of hydrogen-bond acceptors (Lipinski definition) is 2. The van der Waals surface area contributed by atoms with Crippen molar-refractivity contribution in [2.24, 2.45) is 5.73 Å². The molecule has 62 valence electrons. The molecule has 1 heterocycles. The lowest BCUT2D eigenvalue weighted by Gasteiger charge is -1.89. The number of hydrogen-bond donors (Lipinski definition) is 1. The highest BCUT2D eigenvalue weighted by molar-refractivity contribution is 9.11. The lowest BCUT2D eigenvalue weighted by molar-refractivity contribution is 1.30. The van der Waals surface area contributed by atoms with Gasteiger partial charge in [0.1, 0.15) is 0 Å². The minimum absolute atomic E-state index is 0.841. The van der Waals surface area contributed by atoms with Crippen LogP contribution in [0.4, 0.5) is 0 Å². The zero-order valence-corrected chi connectivity index (χ0v) is 8.03. The van der Waals surface area contributed by atoms with Gasteiger partial charge in [0.05, 0.1) is 5.69 Å². The Balaban J connectivity index is 2.70. The molecule has 2 N–H and O–H groups in total. The third-order valence-electron chi connectivity index (χ3n) is 1.26. The van der Waals surface area contributed by atoms with Crippen molar-refractivity contribution in [2.75, 3.05) is 0 Å².